The lowest BCUT2D eigenvalue weighted by atomic mass is 9.91. The molecule has 0 unspecified atom stereocenters. The zero-order valence-electron chi connectivity index (χ0n) is 6.44. The van der Waals surface area contributed by atoms with Crippen LogP contribution in [0.3, 0.4) is 0 Å². The summed E-state index contributed by atoms with van der Waals surface area (Å²) in [5.41, 5.74) is 0. The fourth-order valence-corrected chi connectivity index (χ4v) is 0.643. The van der Waals surface area contributed by atoms with Gasteiger partial charge < -0.3 is 9.96 Å². The van der Waals surface area contributed by atoms with E-state index in [1.807, 2.05) is 0 Å². The van der Waals surface area contributed by atoms with Crippen molar-refractivity contribution in [2.75, 3.05) is 20.3 Å². The van der Waals surface area contributed by atoms with Crippen molar-refractivity contribution in [3.8, 4) is 0 Å². The fraction of sp³-hybridized carbons (Fsp3) is 1.00. The highest BCUT2D eigenvalue weighted by molar-refractivity contribution is 6.31. The highest BCUT2D eigenvalue weighted by atomic mass is 16.5. The van der Waals surface area contributed by atoms with Crippen molar-refractivity contribution >= 4 is 7.41 Å². The number of hydrogen-bond donors (Lipinski definition) is 1. The van der Waals surface area contributed by atoms with Crippen LogP contribution in [0.4, 0.5) is 0 Å². The summed E-state index contributed by atoms with van der Waals surface area (Å²) >= 11 is 0. The summed E-state index contributed by atoms with van der Waals surface area (Å²) in [5.74, 6) is 0. The van der Waals surface area contributed by atoms with Gasteiger partial charge in [-0.1, -0.05) is 13.2 Å². The largest absolute Gasteiger partial charge is 0.385 e. The van der Waals surface area contributed by atoms with Crippen LogP contribution < -0.4 is 5.23 Å². The number of methoxy groups -OCH3 is 1. The maximum Gasteiger partial charge on any atom is 0.200 e. The molecule has 0 bridgehead atoms. The van der Waals surface area contributed by atoms with Crippen LogP contribution >= 0.6 is 0 Å². The molecule has 0 rings (SSSR count). The summed E-state index contributed by atoms with van der Waals surface area (Å²) in [6.45, 7) is 4.13. The molecule has 1 N–H and O–H groups in total. The first-order valence-electron chi connectivity index (χ1n) is 3.61. The first-order chi connectivity index (χ1) is 4.41. The van der Waals surface area contributed by atoms with E-state index in [2.05, 4.69) is 12.2 Å². The van der Waals surface area contributed by atoms with Crippen LogP contribution in [0.5, 0.6) is 0 Å². The summed E-state index contributed by atoms with van der Waals surface area (Å²) in [5, 5.41) is 3.29. The minimum atomic E-state index is 0.872. The molecule has 0 aliphatic rings. The molecule has 0 saturated carbocycles. The summed E-state index contributed by atoms with van der Waals surface area (Å²) in [4.78, 5) is 0. The maximum absolute atomic E-state index is 4.88. The third-order valence-electron chi connectivity index (χ3n) is 1.13. The third-order valence-corrected chi connectivity index (χ3v) is 1.13. The summed E-state index contributed by atoms with van der Waals surface area (Å²) in [7, 11) is 2.86. The third kappa shape index (κ3) is 7.98. The minimum Gasteiger partial charge on any atom is -0.385 e. The predicted octanol–water partition coefficient (Wildman–Crippen LogP) is 0.402. The molecule has 0 amide bonds. The Kier molecular flexibility index (Phi) is 7.97. The van der Waals surface area contributed by atoms with Crippen LogP contribution in [0.1, 0.15) is 13.3 Å². The maximum atomic E-state index is 4.88. The van der Waals surface area contributed by atoms with Gasteiger partial charge in [0, 0.05) is 13.7 Å². The molecule has 0 atom stereocenters. The monoisotopic (exact) mass is 129 g/mol. The first-order valence-corrected chi connectivity index (χ1v) is 3.61. The second-order valence-corrected chi connectivity index (χ2v) is 2.10. The normalized spacial score (nSPS) is 9.56. The SMILES string of the molecule is CCBNCCCOC. The summed E-state index contributed by atoms with van der Waals surface area (Å²) in [6.07, 6.45) is 2.34. The lowest BCUT2D eigenvalue weighted by molar-refractivity contribution is 0.196. The van der Waals surface area contributed by atoms with E-state index in [1.54, 1.807) is 7.11 Å². The van der Waals surface area contributed by atoms with Gasteiger partial charge in [-0.25, -0.2) is 0 Å². The molecule has 0 aliphatic heterocycles. The molecular formula is C6H16BNO. The van der Waals surface area contributed by atoms with E-state index in [9.17, 15) is 0 Å². The Morgan fingerprint density at radius 2 is 2.33 bits per heavy atom. The van der Waals surface area contributed by atoms with Gasteiger partial charge in [-0.05, 0) is 13.0 Å². The molecule has 0 spiro atoms. The molecule has 0 aromatic heterocycles. The molecule has 9 heavy (non-hydrogen) atoms. The van der Waals surface area contributed by atoms with Gasteiger partial charge in [0.25, 0.3) is 0 Å². The first kappa shape index (κ1) is 8.98. The van der Waals surface area contributed by atoms with Gasteiger partial charge in [-0.3, -0.25) is 0 Å². The Balaban J connectivity index is 2.60. The Morgan fingerprint density at radius 1 is 1.56 bits per heavy atom. The van der Waals surface area contributed by atoms with E-state index >= 15 is 0 Å². The van der Waals surface area contributed by atoms with Crippen molar-refractivity contribution in [1.82, 2.24) is 5.23 Å². The molecule has 0 aromatic rings. The van der Waals surface area contributed by atoms with Crippen molar-refractivity contribution in [2.24, 2.45) is 0 Å². The zero-order chi connectivity index (χ0) is 6.95. The van der Waals surface area contributed by atoms with Crippen LogP contribution in [0.15, 0.2) is 0 Å². The Bertz CT molecular complexity index is 46.3. The number of nitrogens with one attached hydrogen (secondary N) is 1. The Hall–Kier alpha value is -0.0151. The van der Waals surface area contributed by atoms with Gasteiger partial charge in [0.15, 0.2) is 0 Å². The van der Waals surface area contributed by atoms with Gasteiger partial charge in [0.05, 0.1) is 0 Å². The number of rotatable bonds is 6. The number of ether oxygens (including phenoxy) is 1. The minimum absolute atomic E-state index is 0.872. The highest BCUT2D eigenvalue weighted by Gasteiger charge is 1.85. The topological polar surface area (TPSA) is 21.3 Å². The van der Waals surface area contributed by atoms with E-state index in [4.69, 9.17) is 4.74 Å². The van der Waals surface area contributed by atoms with E-state index in [1.165, 1.54) is 6.32 Å². The quantitative estimate of drug-likeness (QED) is 0.414. The molecule has 0 aromatic carbocycles. The van der Waals surface area contributed by atoms with Gasteiger partial charge >= 0.3 is 0 Å². The second kappa shape index (κ2) is 7.98. The Morgan fingerprint density at radius 3 is 2.89 bits per heavy atom. The number of hydrogen-bond acceptors (Lipinski definition) is 2. The van der Waals surface area contributed by atoms with E-state index in [0.717, 1.165) is 27.0 Å². The molecule has 0 heterocycles. The van der Waals surface area contributed by atoms with E-state index in [-0.39, 0.29) is 0 Å². The fourth-order valence-electron chi connectivity index (χ4n) is 0.643. The van der Waals surface area contributed by atoms with Gasteiger partial charge in [-0.15, -0.1) is 0 Å². The molecule has 2 nitrogen and oxygen atoms in total. The van der Waals surface area contributed by atoms with E-state index in [0.29, 0.717) is 0 Å². The Labute approximate surface area is 58.2 Å². The second-order valence-electron chi connectivity index (χ2n) is 2.10. The molecule has 0 aliphatic carbocycles. The predicted molar refractivity (Wildman–Crippen MR) is 42.1 cm³/mol. The van der Waals surface area contributed by atoms with Crippen LogP contribution in [-0.4, -0.2) is 27.7 Å². The van der Waals surface area contributed by atoms with Crippen molar-refractivity contribution in [3.05, 3.63) is 0 Å². The lowest BCUT2D eigenvalue weighted by Crippen LogP contribution is -2.20. The van der Waals surface area contributed by atoms with Crippen LogP contribution in [0.25, 0.3) is 0 Å². The molecule has 54 valence electrons. The van der Waals surface area contributed by atoms with Crippen LogP contribution in [0, 0.1) is 0 Å². The van der Waals surface area contributed by atoms with Crippen LogP contribution in [0.2, 0.25) is 6.32 Å². The smallest absolute Gasteiger partial charge is 0.200 e. The average Bonchev–Trinajstić information content (AvgIpc) is 1.89. The van der Waals surface area contributed by atoms with Crippen molar-refractivity contribution in [1.29, 1.82) is 0 Å². The molecular weight excluding hydrogens is 113 g/mol. The summed E-state index contributed by atoms with van der Waals surface area (Å²) < 4.78 is 4.88. The lowest BCUT2D eigenvalue weighted by Gasteiger charge is -1.99. The molecule has 3 heteroatoms. The van der Waals surface area contributed by atoms with Crippen molar-refractivity contribution in [3.63, 3.8) is 0 Å². The standard InChI is InChI=1S/C6H16BNO/c1-3-7-8-5-4-6-9-2/h7-8H,3-6H2,1-2H3. The zero-order valence-corrected chi connectivity index (χ0v) is 6.44. The van der Waals surface area contributed by atoms with Crippen LogP contribution in [-0.2, 0) is 4.74 Å². The van der Waals surface area contributed by atoms with E-state index < -0.39 is 0 Å². The van der Waals surface area contributed by atoms with Gasteiger partial charge in [0.1, 0.15) is 0 Å². The van der Waals surface area contributed by atoms with Crippen molar-refractivity contribution in [2.45, 2.75) is 19.7 Å². The molecule has 0 fully saturated rings. The highest BCUT2D eigenvalue weighted by Crippen LogP contribution is 1.76. The van der Waals surface area contributed by atoms with Gasteiger partial charge in [-0.2, -0.15) is 0 Å². The van der Waals surface area contributed by atoms with Crippen molar-refractivity contribution < 1.29 is 4.74 Å². The van der Waals surface area contributed by atoms with Gasteiger partial charge in [0.2, 0.25) is 7.41 Å². The molecule has 0 saturated heterocycles. The molecule has 0 radical (unpaired) electrons. The average molecular weight is 129 g/mol. The summed E-state index contributed by atoms with van der Waals surface area (Å²) in [6, 6.07) is 0.